The van der Waals surface area contributed by atoms with E-state index in [2.05, 4.69) is 6.92 Å². The first kappa shape index (κ1) is 25.6. The molecule has 0 unspecified atom stereocenters. The molecule has 0 aliphatic heterocycles. The molecule has 0 bridgehead atoms. The molecule has 1 rings (SSSR count). The quantitative estimate of drug-likeness (QED) is 0.424. The summed E-state index contributed by atoms with van der Waals surface area (Å²) < 4.78 is 5.26. The number of carbonyl (C=O) groups is 3. The Labute approximate surface area is 180 Å². The van der Waals surface area contributed by atoms with E-state index in [4.69, 9.17) is 16.2 Å². The van der Waals surface area contributed by atoms with E-state index >= 15 is 0 Å². The number of unbranched alkanes of at least 4 members (excludes halogenated alkanes) is 1. The van der Waals surface area contributed by atoms with E-state index in [1.165, 1.54) is 0 Å². The van der Waals surface area contributed by atoms with Gasteiger partial charge in [0, 0.05) is 25.4 Å². The van der Waals surface area contributed by atoms with Crippen LogP contribution < -0.4 is 11.5 Å². The third-order valence-electron chi connectivity index (χ3n) is 4.97. The fourth-order valence-electron chi connectivity index (χ4n) is 3.37. The zero-order valence-electron chi connectivity index (χ0n) is 18.3. The van der Waals surface area contributed by atoms with Crippen LogP contribution in [0.3, 0.4) is 0 Å². The second-order valence-corrected chi connectivity index (χ2v) is 7.64. The molecule has 0 radical (unpaired) electrons. The number of primary amides is 1. The number of nitrogens with two attached hydrogens (primary N) is 2. The molecule has 30 heavy (non-hydrogen) atoms. The topological polar surface area (TPSA) is 116 Å². The van der Waals surface area contributed by atoms with Crippen LogP contribution in [-0.2, 0) is 25.7 Å². The van der Waals surface area contributed by atoms with E-state index in [0.29, 0.717) is 19.4 Å². The minimum atomic E-state index is -0.713. The Morgan fingerprint density at radius 1 is 1.03 bits per heavy atom. The average molecular weight is 420 g/mol. The Morgan fingerprint density at radius 2 is 1.73 bits per heavy atom. The zero-order chi connectivity index (χ0) is 22.4. The molecule has 0 saturated carbocycles. The third kappa shape index (κ3) is 9.87. The number of benzene rings is 1. The summed E-state index contributed by atoms with van der Waals surface area (Å²) in [6.07, 6.45) is 4.59. The first-order chi connectivity index (χ1) is 14.4. The second-order valence-electron chi connectivity index (χ2n) is 7.64. The van der Waals surface area contributed by atoms with Crippen molar-refractivity contribution in [2.75, 3.05) is 6.54 Å². The van der Waals surface area contributed by atoms with Gasteiger partial charge in [-0.1, -0.05) is 57.0 Å². The number of ether oxygens (including phenoxy) is 1. The van der Waals surface area contributed by atoms with Crippen molar-refractivity contribution in [1.29, 1.82) is 0 Å². The Kier molecular flexibility index (Phi) is 12.4. The molecule has 4 N–H and O–H groups in total. The Hall–Kier alpha value is -2.41. The molecule has 1 aromatic rings. The molecule has 0 spiro atoms. The van der Waals surface area contributed by atoms with Crippen LogP contribution in [0.2, 0.25) is 0 Å². The molecule has 2 amide bonds. The van der Waals surface area contributed by atoms with E-state index in [1.807, 2.05) is 37.3 Å². The van der Waals surface area contributed by atoms with Gasteiger partial charge in [0.25, 0.3) is 0 Å². The van der Waals surface area contributed by atoms with Gasteiger partial charge < -0.3 is 21.1 Å². The fraction of sp³-hybridized carbons (Fsp3) is 0.609. The van der Waals surface area contributed by atoms with Gasteiger partial charge in [0.1, 0.15) is 6.61 Å². The first-order valence-electron chi connectivity index (χ1n) is 10.9. The van der Waals surface area contributed by atoms with Crippen LogP contribution in [0.15, 0.2) is 30.3 Å². The van der Waals surface area contributed by atoms with Gasteiger partial charge in [-0.25, -0.2) is 0 Å². The summed E-state index contributed by atoms with van der Waals surface area (Å²) >= 11 is 0. The summed E-state index contributed by atoms with van der Waals surface area (Å²) in [5, 5.41) is 0. The van der Waals surface area contributed by atoms with E-state index in [0.717, 1.165) is 31.2 Å². The van der Waals surface area contributed by atoms with Crippen molar-refractivity contribution >= 4 is 17.8 Å². The maximum absolute atomic E-state index is 12.9. The van der Waals surface area contributed by atoms with Crippen molar-refractivity contribution in [3.8, 4) is 0 Å². The van der Waals surface area contributed by atoms with Crippen LogP contribution in [0.5, 0.6) is 0 Å². The maximum Gasteiger partial charge on any atom is 0.306 e. The molecule has 0 fully saturated rings. The minimum absolute atomic E-state index is 0.143. The van der Waals surface area contributed by atoms with Crippen LogP contribution in [0.1, 0.15) is 70.8 Å². The molecule has 0 saturated heterocycles. The Balaban J connectivity index is 2.52. The molecular formula is C23H37N3O4. The maximum atomic E-state index is 12.9. The van der Waals surface area contributed by atoms with Gasteiger partial charge in [-0.3, -0.25) is 14.4 Å². The molecule has 0 heterocycles. The van der Waals surface area contributed by atoms with Crippen molar-refractivity contribution < 1.29 is 19.1 Å². The van der Waals surface area contributed by atoms with Gasteiger partial charge in [0.15, 0.2) is 0 Å². The molecule has 2 atom stereocenters. The number of hydrogen-bond donors (Lipinski definition) is 2. The lowest BCUT2D eigenvalue weighted by Crippen LogP contribution is -2.50. The molecule has 0 aliphatic rings. The SMILES string of the molecule is CCCC[C@@H](CC(N)=O)N(CCC)C(=O)[C@@H](N)CCCC(=O)OCc1ccccc1. The third-order valence-corrected chi connectivity index (χ3v) is 4.97. The van der Waals surface area contributed by atoms with Crippen molar-refractivity contribution in [3.63, 3.8) is 0 Å². The summed E-state index contributed by atoms with van der Waals surface area (Å²) in [4.78, 5) is 38.1. The van der Waals surface area contributed by atoms with E-state index in [1.54, 1.807) is 4.90 Å². The van der Waals surface area contributed by atoms with Gasteiger partial charge >= 0.3 is 5.97 Å². The van der Waals surface area contributed by atoms with Gasteiger partial charge in [0.05, 0.1) is 6.04 Å². The predicted molar refractivity (Wildman–Crippen MR) is 117 cm³/mol. The van der Waals surface area contributed by atoms with Crippen molar-refractivity contribution in [3.05, 3.63) is 35.9 Å². The average Bonchev–Trinajstić information content (AvgIpc) is 2.73. The van der Waals surface area contributed by atoms with Gasteiger partial charge in [-0.2, -0.15) is 0 Å². The second kappa shape index (κ2) is 14.6. The van der Waals surface area contributed by atoms with Crippen LogP contribution in [0.25, 0.3) is 0 Å². The van der Waals surface area contributed by atoms with E-state index < -0.39 is 11.9 Å². The lowest BCUT2D eigenvalue weighted by Gasteiger charge is -2.33. The fourth-order valence-corrected chi connectivity index (χ4v) is 3.37. The largest absolute Gasteiger partial charge is 0.461 e. The van der Waals surface area contributed by atoms with Gasteiger partial charge in [-0.05, 0) is 31.2 Å². The number of hydrogen-bond acceptors (Lipinski definition) is 5. The number of rotatable bonds is 15. The first-order valence-corrected chi connectivity index (χ1v) is 10.9. The molecule has 7 nitrogen and oxygen atoms in total. The predicted octanol–water partition coefficient (Wildman–Crippen LogP) is 2.90. The number of nitrogens with zero attached hydrogens (tertiary/aromatic N) is 1. The molecule has 168 valence electrons. The minimum Gasteiger partial charge on any atom is -0.461 e. The highest BCUT2D eigenvalue weighted by atomic mass is 16.5. The van der Waals surface area contributed by atoms with Gasteiger partial charge in [-0.15, -0.1) is 0 Å². The Morgan fingerprint density at radius 3 is 2.33 bits per heavy atom. The summed E-state index contributed by atoms with van der Waals surface area (Å²) in [7, 11) is 0. The molecular weight excluding hydrogens is 382 g/mol. The summed E-state index contributed by atoms with van der Waals surface area (Å²) in [6.45, 7) is 4.82. The van der Waals surface area contributed by atoms with E-state index in [9.17, 15) is 14.4 Å². The lowest BCUT2D eigenvalue weighted by molar-refractivity contribution is -0.145. The molecule has 7 heteroatoms. The Bertz CT molecular complexity index is 651. The summed E-state index contributed by atoms with van der Waals surface area (Å²) in [6, 6.07) is 8.54. The normalized spacial score (nSPS) is 12.8. The van der Waals surface area contributed by atoms with Crippen LogP contribution >= 0.6 is 0 Å². The summed E-state index contributed by atoms with van der Waals surface area (Å²) in [5.41, 5.74) is 12.5. The van der Waals surface area contributed by atoms with Crippen molar-refractivity contribution in [1.82, 2.24) is 4.90 Å². The van der Waals surface area contributed by atoms with Crippen molar-refractivity contribution in [2.24, 2.45) is 11.5 Å². The van der Waals surface area contributed by atoms with Crippen molar-refractivity contribution in [2.45, 2.75) is 83.9 Å². The number of carbonyl (C=O) groups excluding carboxylic acids is 3. The van der Waals surface area contributed by atoms with Crippen LogP contribution in [0.4, 0.5) is 0 Å². The number of esters is 1. The lowest BCUT2D eigenvalue weighted by atomic mass is 10.0. The zero-order valence-corrected chi connectivity index (χ0v) is 18.3. The highest BCUT2D eigenvalue weighted by molar-refractivity contribution is 5.83. The number of amides is 2. The molecule has 0 aliphatic carbocycles. The van der Waals surface area contributed by atoms with Crippen LogP contribution in [0, 0.1) is 0 Å². The smallest absolute Gasteiger partial charge is 0.306 e. The van der Waals surface area contributed by atoms with Gasteiger partial charge in [0.2, 0.25) is 11.8 Å². The highest BCUT2D eigenvalue weighted by Crippen LogP contribution is 2.16. The highest BCUT2D eigenvalue weighted by Gasteiger charge is 2.28. The summed E-state index contributed by atoms with van der Waals surface area (Å²) in [5.74, 6) is -0.907. The standard InChI is InChI=1S/C23H37N3O4/c1-3-5-12-19(16-21(25)27)26(15-4-2)23(29)20(24)13-9-14-22(28)30-17-18-10-7-6-8-11-18/h6-8,10-11,19-20H,3-5,9,12-17,24H2,1-2H3,(H2,25,27)/t19-,20-/m0/s1. The van der Waals surface area contributed by atoms with Crippen LogP contribution in [-0.4, -0.2) is 41.3 Å². The monoisotopic (exact) mass is 419 g/mol. The van der Waals surface area contributed by atoms with E-state index in [-0.39, 0.29) is 37.4 Å². The molecule has 0 aromatic heterocycles. The molecule has 1 aromatic carbocycles.